The van der Waals surface area contributed by atoms with Gasteiger partial charge in [-0.2, -0.15) is 0 Å². The van der Waals surface area contributed by atoms with Crippen LogP contribution in [0.2, 0.25) is 0 Å². The van der Waals surface area contributed by atoms with Gasteiger partial charge in [0, 0.05) is 5.69 Å². The third kappa shape index (κ3) is 5.37. The first-order chi connectivity index (χ1) is 15.8. The van der Waals surface area contributed by atoms with E-state index in [9.17, 15) is 9.59 Å². The number of aryl methyl sites for hydroxylation is 2. The van der Waals surface area contributed by atoms with Crippen LogP contribution in [0.25, 0.3) is 10.2 Å². The number of amides is 1. The zero-order chi connectivity index (χ0) is 23.5. The molecule has 4 rings (SSSR count). The lowest BCUT2D eigenvalue weighted by molar-refractivity contribution is -0.113. The van der Waals surface area contributed by atoms with Crippen molar-refractivity contribution in [2.45, 2.75) is 45.3 Å². The molecular formula is C26H27N3O2S2. The predicted octanol–water partition coefficient (Wildman–Crippen LogP) is 5.98. The zero-order valence-corrected chi connectivity index (χ0v) is 20.8. The Kier molecular flexibility index (Phi) is 7.00. The van der Waals surface area contributed by atoms with E-state index in [0.29, 0.717) is 27.8 Å². The highest BCUT2D eigenvalue weighted by atomic mass is 32.2. The maximum Gasteiger partial charge on any atom is 0.272 e. The largest absolute Gasteiger partial charge is 0.325 e. The standard InChI is InChI=1S/C26H27N3O2S2/c1-16(2)20-7-9-21(10-8-20)27-23(30)15-33-26-28-22-11-12-32-24(22)25(31)29(26)14-19-6-5-17(3)18(4)13-19/h5-13,16H,14-15H2,1-4H3,(H,27,30). The molecule has 0 bridgehead atoms. The van der Waals surface area contributed by atoms with E-state index in [1.54, 1.807) is 4.57 Å². The molecule has 7 heteroatoms. The summed E-state index contributed by atoms with van der Waals surface area (Å²) in [4.78, 5) is 30.5. The molecule has 0 saturated carbocycles. The van der Waals surface area contributed by atoms with E-state index in [2.05, 4.69) is 45.1 Å². The number of thiophene rings is 1. The fourth-order valence-corrected chi connectivity index (χ4v) is 5.11. The van der Waals surface area contributed by atoms with E-state index >= 15 is 0 Å². The van der Waals surface area contributed by atoms with Crippen molar-refractivity contribution in [1.82, 2.24) is 9.55 Å². The number of thioether (sulfide) groups is 1. The number of hydrogen-bond acceptors (Lipinski definition) is 5. The van der Waals surface area contributed by atoms with Gasteiger partial charge in [0.1, 0.15) is 4.70 Å². The minimum Gasteiger partial charge on any atom is -0.325 e. The molecule has 0 aliphatic carbocycles. The fraction of sp³-hybridized carbons (Fsp3) is 0.269. The highest BCUT2D eigenvalue weighted by molar-refractivity contribution is 7.99. The van der Waals surface area contributed by atoms with Gasteiger partial charge >= 0.3 is 0 Å². The molecule has 170 valence electrons. The van der Waals surface area contributed by atoms with E-state index in [4.69, 9.17) is 4.98 Å². The molecule has 2 aromatic carbocycles. The van der Waals surface area contributed by atoms with Gasteiger partial charge < -0.3 is 5.32 Å². The Morgan fingerprint density at radius 2 is 1.85 bits per heavy atom. The Bertz CT molecular complexity index is 1350. The van der Waals surface area contributed by atoms with Gasteiger partial charge in [-0.05, 0) is 65.6 Å². The van der Waals surface area contributed by atoms with E-state index in [1.807, 2.05) is 41.8 Å². The quantitative estimate of drug-likeness (QED) is 0.263. The van der Waals surface area contributed by atoms with E-state index in [-0.39, 0.29) is 17.2 Å². The first-order valence-corrected chi connectivity index (χ1v) is 12.7. The Hall–Kier alpha value is -2.90. The van der Waals surface area contributed by atoms with Gasteiger partial charge in [0.25, 0.3) is 5.56 Å². The summed E-state index contributed by atoms with van der Waals surface area (Å²) in [7, 11) is 0. The number of nitrogens with one attached hydrogen (secondary N) is 1. The molecule has 1 amide bonds. The van der Waals surface area contributed by atoms with Gasteiger partial charge in [-0.15, -0.1) is 11.3 Å². The summed E-state index contributed by atoms with van der Waals surface area (Å²) in [6.45, 7) is 8.83. The molecule has 0 aliphatic heterocycles. The number of hydrogen-bond donors (Lipinski definition) is 1. The van der Waals surface area contributed by atoms with Crippen LogP contribution < -0.4 is 10.9 Å². The normalized spacial score (nSPS) is 11.3. The molecule has 2 heterocycles. The summed E-state index contributed by atoms with van der Waals surface area (Å²) in [5.41, 5.74) is 6.03. The van der Waals surface area contributed by atoms with Crippen LogP contribution in [-0.2, 0) is 11.3 Å². The highest BCUT2D eigenvalue weighted by Gasteiger charge is 2.15. The minimum atomic E-state index is -0.130. The summed E-state index contributed by atoms with van der Waals surface area (Å²) in [6.07, 6.45) is 0. The minimum absolute atomic E-state index is 0.0691. The van der Waals surface area contributed by atoms with Crippen LogP contribution in [0.15, 0.2) is 63.9 Å². The smallest absolute Gasteiger partial charge is 0.272 e. The maximum absolute atomic E-state index is 13.2. The number of fused-ring (bicyclic) bond motifs is 1. The molecule has 0 atom stereocenters. The second-order valence-electron chi connectivity index (χ2n) is 8.45. The molecule has 0 spiro atoms. The number of benzene rings is 2. The van der Waals surface area contributed by atoms with Gasteiger partial charge in [0.15, 0.2) is 5.16 Å². The van der Waals surface area contributed by atoms with Gasteiger partial charge in [-0.3, -0.25) is 14.2 Å². The van der Waals surface area contributed by atoms with Crippen molar-refractivity contribution in [3.8, 4) is 0 Å². The molecule has 2 aromatic heterocycles. The average Bonchev–Trinajstić information content (AvgIpc) is 3.26. The number of anilines is 1. The van der Waals surface area contributed by atoms with Gasteiger partial charge in [0.2, 0.25) is 5.91 Å². The Balaban J connectivity index is 1.54. The SMILES string of the molecule is Cc1ccc(Cn2c(SCC(=O)Nc3ccc(C(C)C)cc3)nc3ccsc3c2=O)cc1C. The van der Waals surface area contributed by atoms with Crippen LogP contribution >= 0.6 is 23.1 Å². The van der Waals surface area contributed by atoms with Crippen LogP contribution in [0.4, 0.5) is 5.69 Å². The number of carbonyl (C=O) groups excluding carboxylic acids is 1. The van der Waals surface area contributed by atoms with Gasteiger partial charge in [-0.25, -0.2) is 4.98 Å². The molecule has 4 aromatic rings. The third-order valence-corrected chi connectivity index (χ3v) is 7.50. The second kappa shape index (κ2) is 9.93. The lowest BCUT2D eigenvalue weighted by atomic mass is 10.0. The predicted molar refractivity (Wildman–Crippen MR) is 139 cm³/mol. The molecule has 0 aliphatic rings. The van der Waals surface area contributed by atoms with Crippen molar-refractivity contribution in [2.75, 3.05) is 11.1 Å². The van der Waals surface area contributed by atoms with Crippen molar-refractivity contribution in [3.63, 3.8) is 0 Å². The maximum atomic E-state index is 13.2. The second-order valence-corrected chi connectivity index (χ2v) is 10.3. The average molecular weight is 478 g/mol. The van der Waals surface area contributed by atoms with Crippen molar-refractivity contribution in [3.05, 3.63) is 86.5 Å². The molecule has 33 heavy (non-hydrogen) atoms. The summed E-state index contributed by atoms with van der Waals surface area (Å²) in [5.74, 6) is 0.480. The number of carbonyl (C=O) groups is 1. The third-order valence-electron chi connectivity index (χ3n) is 5.64. The number of aromatic nitrogens is 2. The summed E-state index contributed by atoms with van der Waals surface area (Å²) in [6, 6.07) is 15.9. The van der Waals surface area contributed by atoms with Crippen molar-refractivity contribution in [2.24, 2.45) is 0 Å². The van der Waals surface area contributed by atoms with Gasteiger partial charge in [-0.1, -0.05) is 55.9 Å². The van der Waals surface area contributed by atoms with Crippen molar-refractivity contribution < 1.29 is 4.79 Å². The van der Waals surface area contributed by atoms with Crippen LogP contribution in [0, 0.1) is 13.8 Å². The lowest BCUT2D eigenvalue weighted by Crippen LogP contribution is -2.24. The molecule has 1 N–H and O–H groups in total. The van der Waals surface area contributed by atoms with Crippen LogP contribution in [0.1, 0.15) is 42.0 Å². The Morgan fingerprint density at radius 1 is 1.09 bits per heavy atom. The Labute approximate surface area is 201 Å². The lowest BCUT2D eigenvalue weighted by Gasteiger charge is -2.13. The highest BCUT2D eigenvalue weighted by Crippen LogP contribution is 2.23. The molecular weight excluding hydrogens is 450 g/mol. The summed E-state index contributed by atoms with van der Waals surface area (Å²) in [5, 5.41) is 5.36. The molecule has 5 nitrogen and oxygen atoms in total. The topological polar surface area (TPSA) is 64.0 Å². The van der Waals surface area contributed by atoms with Crippen LogP contribution in [-0.4, -0.2) is 21.2 Å². The fourth-order valence-electron chi connectivity index (χ4n) is 3.54. The first kappa shape index (κ1) is 23.3. The van der Waals surface area contributed by atoms with Gasteiger partial charge in [0.05, 0.1) is 17.8 Å². The molecule has 0 fully saturated rings. The van der Waals surface area contributed by atoms with Crippen molar-refractivity contribution in [1.29, 1.82) is 0 Å². The van der Waals surface area contributed by atoms with E-state index < -0.39 is 0 Å². The number of nitrogens with zero attached hydrogens (tertiary/aromatic N) is 2. The first-order valence-electron chi connectivity index (χ1n) is 10.9. The molecule has 0 saturated heterocycles. The summed E-state index contributed by atoms with van der Waals surface area (Å²) < 4.78 is 2.32. The van der Waals surface area contributed by atoms with Crippen molar-refractivity contribution >= 4 is 44.9 Å². The number of rotatable bonds is 7. The summed E-state index contributed by atoms with van der Waals surface area (Å²) >= 11 is 2.68. The molecule has 0 unspecified atom stereocenters. The van der Waals surface area contributed by atoms with Crippen LogP contribution in [0.5, 0.6) is 0 Å². The van der Waals surface area contributed by atoms with E-state index in [1.165, 1.54) is 39.8 Å². The van der Waals surface area contributed by atoms with E-state index in [0.717, 1.165) is 11.3 Å². The van der Waals surface area contributed by atoms with Crippen LogP contribution in [0.3, 0.4) is 0 Å². The molecule has 0 radical (unpaired) electrons. The monoisotopic (exact) mass is 477 g/mol. The Morgan fingerprint density at radius 3 is 2.55 bits per heavy atom. The zero-order valence-electron chi connectivity index (χ0n) is 19.2.